The molecule has 0 unspecified atom stereocenters. The van der Waals surface area contributed by atoms with Crippen molar-refractivity contribution in [1.82, 2.24) is 0 Å². The normalized spacial score (nSPS) is 11.4. The number of rotatable bonds is 3. The molecular weight excluding hydrogens is 220 g/mol. The summed E-state index contributed by atoms with van der Waals surface area (Å²) in [4.78, 5) is 8.14. The van der Waals surface area contributed by atoms with Crippen LogP contribution in [0.15, 0.2) is 58.5 Å². The number of aliphatic imine (C=N–C) groups is 2. The second kappa shape index (κ2) is 5.92. The van der Waals surface area contributed by atoms with Crippen molar-refractivity contribution in [2.24, 2.45) is 9.98 Å². The number of hydrogen-bond donors (Lipinski definition) is 0. The highest BCUT2D eigenvalue weighted by atomic mass is 14.6. The van der Waals surface area contributed by atoms with E-state index in [2.05, 4.69) is 40.3 Å². The molecule has 0 heterocycles. The van der Waals surface area contributed by atoms with Crippen molar-refractivity contribution < 1.29 is 0 Å². The first-order chi connectivity index (χ1) is 8.83. The van der Waals surface area contributed by atoms with E-state index in [-0.39, 0.29) is 0 Å². The van der Waals surface area contributed by atoms with Crippen LogP contribution in [0.1, 0.15) is 11.1 Å². The van der Waals surface area contributed by atoms with E-state index in [0.717, 1.165) is 11.1 Å². The highest BCUT2D eigenvalue weighted by molar-refractivity contribution is 5.89. The molecular formula is C16H16N2. The van der Waals surface area contributed by atoms with Crippen LogP contribution in [-0.2, 0) is 0 Å². The summed E-state index contributed by atoms with van der Waals surface area (Å²) in [7, 11) is 3.56. The Morgan fingerprint density at radius 1 is 0.722 bits per heavy atom. The maximum atomic E-state index is 4.07. The molecule has 2 nitrogen and oxygen atoms in total. The SMILES string of the molecule is C/N=C/c1cc(/C=N/C)cc(-c2ccccc2)c1. The van der Waals surface area contributed by atoms with Crippen LogP contribution >= 0.6 is 0 Å². The molecule has 2 aromatic carbocycles. The highest BCUT2D eigenvalue weighted by Crippen LogP contribution is 2.21. The van der Waals surface area contributed by atoms with Crippen molar-refractivity contribution >= 4 is 12.4 Å². The van der Waals surface area contributed by atoms with Crippen LogP contribution in [0.4, 0.5) is 0 Å². The first-order valence-electron chi connectivity index (χ1n) is 5.88. The van der Waals surface area contributed by atoms with Gasteiger partial charge in [0.1, 0.15) is 0 Å². The fourth-order valence-electron chi connectivity index (χ4n) is 1.92. The quantitative estimate of drug-likeness (QED) is 0.729. The fraction of sp³-hybridized carbons (Fsp3) is 0.125. The van der Waals surface area contributed by atoms with Crippen LogP contribution in [0.2, 0.25) is 0 Å². The van der Waals surface area contributed by atoms with Gasteiger partial charge in [0, 0.05) is 26.5 Å². The molecule has 0 aliphatic rings. The van der Waals surface area contributed by atoms with Crippen LogP contribution in [0.25, 0.3) is 11.1 Å². The monoisotopic (exact) mass is 236 g/mol. The van der Waals surface area contributed by atoms with Gasteiger partial charge < -0.3 is 0 Å². The molecule has 0 saturated carbocycles. The summed E-state index contributed by atoms with van der Waals surface area (Å²) in [6.45, 7) is 0. The zero-order valence-corrected chi connectivity index (χ0v) is 10.7. The van der Waals surface area contributed by atoms with Gasteiger partial charge in [-0.25, -0.2) is 0 Å². The molecule has 0 aliphatic heterocycles. The van der Waals surface area contributed by atoms with E-state index in [0.29, 0.717) is 0 Å². The molecule has 2 rings (SSSR count). The van der Waals surface area contributed by atoms with Gasteiger partial charge in [0.2, 0.25) is 0 Å². The summed E-state index contributed by atoms with van der Waals surface area (Å²) < 4.78 is 0. The maximum Gasteiger partial charge on any atom is 0.0281 e. The van der Waals surface area contributed by atoms with Gasteiger partial charge in [-0.05, 0) is 40.5 Å². The van der Waals surface area contributed by atoms with E-state index in [1.165, 1.54) is 11.1 Å². The smallest absolute Gasteiger partial charge is 0.0281 e. The molecule has 18 heavy (non-hydrogen) atoms. The molecule has 0 saturated heterocycles. The van der Waals surface area contributed by atoms with Crippen molar-refractivity contribution in [3.63, 3.8) is 0 Å². The summed E-state index contributed by atoms with van der Waals surface area (Å²) in [5.74, 6) is 0. The van der Waals surface area contributed by atoms with Crippen molar-refractivity contribution in [1.29, 1.82) is 0 Å². The third kappa shape index (κ3) is 2.92. The Bertz CT molecular complexity index is 539. The predicted molar refractivity (Wildman–Crippen MR) is 78.9 cm³/mol. The molecule has 2 heteroatoms. The second-order valence-corrected chi connectivity index (χ2v) is 4.03. The van der Waals surface area contributed by atoms with Crippen LogP contribution in [0, 0.1) is 0 Å². The lowest BCUT2D eigenvalue weighted by molar-refractivity contribution is 1.45. The van der Waals surface area contributed by atoms with Gasteiger partial charge in [-0.1, -0.05) is 30.3 Å². The maximum absolute atomic E-state index is 4.07. The van der Waals surface area contributed by atoms with Gasteiger partial charge in [-0.3, -0.25) is 9.98 Å². The van der Waals surface area contributed by atoms with Crippen molar-refractivity contribution in [2.45, 2.75) is 0 Å². The summed E-state index contributed by atoms with van der Waals surface area (Å²) in [5.41, 5.74) is 4.57. The van der Waals surface area contributed by atoms with Crippen molar-refractivity contribution in [3.05, 3.63) is 59.7 Å². The molecule has 0 bridgehead atoms. The third-order valence-corrected chi connectivity index (χ3v) is 2.64. The van der Waals surface area contributed by atoms with Crippen LogP contribution < -0.4 is 0 Å². The molecule has 0 aliphatic carbocycles. The Labute approximate surface area is 108 Å². The van der Waals surface area contributed by atoms with Gasteiger partial charge in [-0.15, -0.1) is 0 Å². The largest absolute Gasteiger partial charge is 0.296 e. The van der Waals surface area contributed by atoms with Gasteiger partial charge in [0.15, 0.2) is 0 Å². The molecule has 0 amide bonds. The number of hydrogen-bond acceptors (Lipinski definition) is 2. The zero-order chi connectivity index (χ0) is 12.8. The predicted octanol–water partition coefficient (Wildman–Crippen LogP) is 3.45. The lowest BCUT2D eigenvalue weighted by Gasteiger charge is -2.05. The molecule has 0 spiro atoms. The van der Waals surface area contributed by atoms with E-state index in [9.17, 15) is 0 Å². The minimum Gasteiger partial charge on any atom is -0.296 e. The van der Waals surface area contributed by atoms with E-state index in [1.54, 1.807) is 14.1 Å². The highest BCUT2D eigenvalue weighted by Gasteiger charge is 2.00. The first-order valence-corrected chi connectivity index (χ1v) is 5.88. The van der Waals surface area contributed by atoms with Crippen LogP contribution in [-0.4, -0.2) is 26.5 Å². The Hall–Kier alpha value is -2.22. The average Bonchev–Trinajstić information content (AvgIpc) is 2.40. The van der Waals surface area contributed by atoms with E-state index >= 15 is 0 Å². The molecule has 2 aromatic rings. The van der Waals surface area contributed by atoms with Gasteiger partial charge in [0.25, 0.3) is 0 Å². The van der Waals surface area contributed by atoms with Crippen LogP contribution in [0.3, 0.4) is 0 Å². The Balaban J connectivity index is 2.53. The van der Waals surface area contributed by atoms with Crippen molar-refractivity contribution in [3.8, 4) is 11.1 Å². The summed E-state index contributed by atoms with van der Waals surface area (Å²) in [6.07, 6.45) is 3.72. The van der Waals surface area contributed by atoms with E-state index in [1.807, 2.05) is 30.6 Å². The van der Waals surface area contributed by atoms with Gasteiger partial charge in [-0.2, -0.15) is 0 Å². The van der Waals surface area contributed by atoms with E-state index < -0.39 is 0 Å². The summed E-state index contributed by atoms with van der Waals surface area (Å²) >= 11 is 0. The Kier molecular flexibility index (Phi) is 4.02. The first kappa shape index (κ1) is 12.2. The molecule has 0 radical (unpaired) electrons. The zero-order valence-electron chi connectivity index (χ0n) is 10.7. The topological polar surface area (TPSA) is 24.7 Å². The molecule has 0 N–H and O–H groups in total. The van der Waals surface area contributed by atoms with Gasteiger partial charge in [0.05, 0.1) is 0 Å². The lowest BCUT2D eigenvalue weighted by atomic mass is 10.0. The minimum absolute atomic E-state index is 1.09. The standard InChI is InChI=1S/C16H16N2/c1-17-11-13-8-14(12-18-2)10-16(9-13)15-6-4-3-5-7-15/h3-12H,1-2H3/b17-11+,18-12+. The number of nitrogens with zero attached hydrogens (tertiary/aromatic N) is 2. The lowest BCUT2D eigenvalue weighted by Crippen LogP contribution is -1.89. The van der Waals surface area contributed by atoms with Crippen molar-refractivity contribution in [2.75, 3.05) is 14.1 Å². The Morgan fingerprint density at radius 2 is 1.28 bits per heavy atom. The molecule has 0 aromatic heterocycles. The minimum atomic E-state index is 1.09. The average molecular weight is 236 g/mol. The third-order valence-electron chi connectivity index (χ3n) is 2.64. The second-order valence-electron chi connectivity index (χ2n) is 4.03. The van der Waals surface area contributed by atoms with E-state index in [4.69, 9.17) is 0 Å². The molecule has 0 atom stereocenters. The van der Waals surface area contributed by atoms with Gasteiger partial charge >= 0.3 is 0 Å². The fourth-order valence-corrected chi connectivity index (χ4v) is 1.92. The molecule has 0 fully saturated rings. The summed E-state index contributed by atoms with van der Waals surface area (Å²) in [6, 6.07) is 16.7. The Morgan fingerprint density at radius 3 is 1.78 bits per heavy atom. The van der Waals surface area contributed by atoms with Crippen LogP contribution in [0.5, 0.6) is 0 Å². The summed E-state index contributed by atoms with van der Waals surface area (Å²) in [5, 5.41) is 0. The number of benzene rings is 2. The molecule has 90 valence electrons.